The fourth-order valence-corrected chi connectivity index (χ4v) is 1.40. The van der Waals surface area contributed by atoms with Gasteiger partial charge in [-0.2, -0.15) is 0 Å². The standard InChI is InChI=1S/C17H25NO3/c1-6-13(3)18-21-15(5)12-19-16-8-10-17(11-9-16)20-14(4)7-2/h6,8-11,14-15,18H,1,3,7,12H2,2,4-5H3. The van der Waals surface area contributed by atoms with Crippen molar-refractivity contribution in [3.63, 3.8) is 0 Å². The summed E-state index contributed by atoms with van der Waals surface area (Å²) in [7, 11) is 0. The van der Waals surface area contributed by atoms with E-state index in [4.69, 9.17) is 14.3 Å². The van der Waals surface area contributed by atoms with Gasteiger partial charge in [0, 0.05) is 0 Å². The lowest BCUT2D eigenvalue weighted by Gasteiger charge is -2.16. The molecule has 1 aromatic carbocycles. The zero-order valence-corrected chi connectivity index (χ0v) is 13.1. The minimum atomic E-state index is -0.113. The van der Waals surface area contributed by atoms with E-state index in [-0.39, 0.29) is 12.2 Å². The van der Waals surface area contributed by atoms with Crippen molar-refractivity contribution in [3.05, 3.63) is 49.2 Å². The van der Waals surface area contributed by atoms with Crippen LogP contribution in [0.15, 0.2) is 49.2 Å². The van der Waals surface area contributed by atoms with Gasteiger partial charge in [0.1, 0.15) is 24.2 Å². The predicted molar refractivity (Wildman–Crippen MR) is 85.3 cm³/mol. The van der Waals surface area contributed by atoms with Crippen LogP contribution in [0.2, 0.25) is 0 Å². The van der Waals surface area contributed by atoms with E-state index in [1.165, 1.54) is 0 Å². The van der Waals surface area contributed by atoms with Gasteiger partial charge in [0.25, 0.3) is 0 Å². The predicted octanol–water partition coefficient (Wildman–Crippen LogP) is 3.85. The molecule has 0 heterocycles. The molecule has 0 aromatic heterocycles. The van der Waals surface area contributed by atoms with Crippen LogP contribution in [0.5, 0.6) is 11.5 Å². The zero-order chi connectivity index (χ0) is 15.7. The van der Waals surface area contributed by atoms with Crippen LogP contribution in [0.3, 0.4) is 0 Å². The molecule has 1 rings (SSSR count). The summed E-state index contributed by atoms with van der Waals surface area (Å²) < 4.78 is 11.4. The van der Waals surface area contributed by atoms with Crippen LogP contribution in [0.4, 0.5) is 0 Å². The molecule has 0 fully saturated rings. The molecular formula is C17H25NO3. The fraction of sp³-hybridized carbons (Fsp3) is 0.412. The number of hydroxylamine groups is 1. The van der Waals surface area contributed by atoms with Crippen LogP contribution in [0.25, 0.3) is 0 Å². The van der Waals surface area contributed by atoms with Gasteiger partial charge in [0.05, 0.1) is 11.8 Å². The van der Waals surface area contributed by atoms with Crippen molar-refractivity contribution < 1.29 is 14.3 Å². The molecule has 0 radical (unpaired) electrons. The van der Waals surface area contributed by atoms with Crippen LogP contribution in [0, 0.1) is 0 Å². The lowest BCUT2D eigenvalue weighted by atomic mass is 10.3. The first-order valence-corrected chi connectivity index (χ1v) is 7.17. The molecule has 2 atom stereocenters. The Morgan fingerprint density at radius 1 is 1.19 bits per heavy atom. The van der Waals surface area contributed by atoms with Crippen molar-refractivity contribution in [2.75, 3.05) is 6.61 Å². The van der Waals surface area contributed by atoms with Crippen LogP contribution >= 0.6 is 0 Å². The van der Waals surface area contributed by atoms with Crippen LogP contribution in [-0.2, 0) is 4.84 Å². The summed E-state index contributed by atoms with van der Waals surface area (Å²) in [5.41, 5.74) is 3.31. The van der Waals surface area contributed by atoms with E-state index in [9.17, 15) is 0 Å². The SMILES string of the molecule is C=CC(=C)NOC(C)COc1ccc(OC(C)CC)cc1. The van der Waals surface area contributed by atoms with Gasteiger partial charge in [-0.25, -0.2) is 0 Å². The third-order valence-corrected chi connectivity index (χ3v) is 2.86. The second-order valence-electron chi connectivity index (χ2n) is 4.88. The summed E-state index contributed by atoms with van der Waals surface area (Å²) >= 11 is 0. The first-order valence-electron chi connectivity index (χ1n) is 7.17. The molecule has 1 aromatic rings. The lowest BCUT2D eigenvalue weighted by molar-refractivity contribution is -0.0185. The van der Waals surface area contributed by atoms with Crippen LogP contribution in [-0.4, -0.2) is 18.8 Å². The highest BCUT2D eigenvalue weighted by atomic mass is 16.7. The topological polar surface area (TPSA) is 39.7 Å². The van der Waals surface area contributed by atoms with E-state index in [1.807, 2.05) is 38.1 Å². The van der Waals surface area contributed by atoms with Gasteiger partial charge in [-0.05, 0) is 50.6 Å². The molecular weight excluding hydrogens is 266 g/mol. The van der Waals surface area contributed by atoms with Gasteiger partial charge < -0.3 is 9.47 Å². The van der Waals surface area contributed by atoms with Crippen molar-refractivity contribution in [2.45, 2.75) is 39.4 Å². The maximum Gasteiger partial charge on any atom is 0.119 e. The van der Waals surface area contributed by atoms with E-state index in [0.717, 1.165) is 17.9 Å². The first-order chi connectivity index (χ1) is 10.0. The molecule has 0 aliphatic rings. The number of hydrogen-bond acceptors (Lipinski definition) is 4. The van der Waals surface area contributed by atoms with Crippen molar-refractivity contribution in [1.29, 1.82) is 0 Å². The maximum atomic E-state index is 5.71. The molecule has 116 valence electrons. The number of hydrogen-bond donors (Lipinski definition) is 1. The van der Waals surface area contributed by atoms with Crippen molar-refractivity contribution >= 4 is 0 Å². The minimum Gasteiger partial charge on any atom is -0.491 e. The van der Waals surface area contributed by atoms with Crippen LogP contribution in [0.1, 0.15) is 27.2 Å². The molecule has 4 nitrogen and oxygen atoms in total. The van der Waals surface area contributed by atoms with E-state index >= 15 is 0 Å². The molecule has 0 amide bonds. The van der Waals surface area contributed by atoms with E-state index in [1.54, 1.807) is 6.08 Å². The Bertz CT molecular complexity index is 442. The quantitative estimate of drug-likeness (QED) is 0.525. The number of ether oxygens (including phenoxy) is 2. The fourth-order valence-electron chi connectivity index (χ4n) is 1.40. The average molecular weight is 291 g/mol. The van der Waals surface area contributed by atoms with E-state index in [2.05, 4.69) is 25.6 Å². The van der Waals surface area contributed by atoms with Crippen LogP contribution < -0.4 is 15.0 Å². The Balaban J connectivity index is 2.35. The number of rotatable bonds is 10. The molecule has 0 aliphatic carbocycles. The Hall–Kier alpha value is -1.94. The highest BCUT2D eigenvalue weighted by Gasteiger charge is 2.05. The highest BCUT2D eigenvalue weighted by Crippen LogP contribution is 2.19. The van der Waals surface area contributed by atoms with Gasteiger partial charge in [-0.1, -0.05) is 20.1 Å². The van der Waals surface area contributed by atoms with Gasteiger partial charge in [-0.3, -0.25) is 10.3 Å². The third kappa shape index (κ3) is 6.86. The normalized spacial score (nSPS) is 13.1. The monoisotopic (exact) mass is 291 g/mol. The van der Waals surface area contributed by atoms with Crippen molar-refractivity contribution in [1.82, 2.24) is 5.48 Å². The summed E-state index contributed by atoms with van der Waals surface area (Å²) in [6.45, 7) is 13.8. The molecule has 4 heteroatoms. The smallest absolute Gasteiger partial charge is 0.119 e. The second kappa shape index (κ2) is 9.08. The van der Waals surface area contributed by atoms with E-state index < -0.39 is 0 Å². The molecule has 0 saturated carbocycles. The molecule has 1 N–H and O–H groups in total. The minimum absolute atomic E-state index is 0.113. The molecule has 0 spiro atoms. The summed E-state index contributed by atoms with van der Waals surface area (Å²) in [6, 6.07) is 7.59. The summed E-state index contributed by atoms with van der Waals surface area (Å²) in [6.07, 6.45) is 2.67. The Morgan fingerprint density at radius 2 is 1.81 bits per heavy atom. The average Bonchev–Trinajstić information content (AvgIpc) is 2.51. The highest BCUT2D eigenvalue weighted by molar-refractivity contribution is 5.31. The van der Waals surface area contributed by atoms with Crippen molar-refractivity contribution in [3.8, 4) is 11.5 Å². The Kier molecular flexibility index (Phi) is 7.40. The summed E-state index contributed by atoms with van der Waals surface area (Å²) in [5, 5.41) is 0. The Morgan fingerprint density at radius 3 is 2.38 bits per heavy atom. The first kappa shape index (κ1) is 17.1. The maximum absolute atomic E-state index is 5.71. The zero-order valence-electron chi connectivity index (χ0n) is 13.1. The number of nitrogens with one attached hydrogen (secondary N) is 1. The van der Waals surface area contributed by atoms with E-state index in [0.29, 0.717) is 12.3 Å². The molecule has 21 heavy (non-hydrogen) atoms. The number of allylic oxidation sites excluding steroid dienone is 1. The van der Waals surface area contributed by atoms with Gasteiger partial charge in [0.2, 0.25) is 0 Å². The largest absolute Gasteiger partial charge is 0.491 e. The molecule has 0 saturated heterocycles. The molecule has 0 bridgehead atoms. The van der Waals surface area contributed by atoms with Gasteiger partial charge in [0.15, 0.2) is 0 Å². The van der Waals surface area contributed by atoms with Gasteiger partial charge >= 0.3 is 0 Å². The molecule has 0 aliphatic heterocycles. The number of benzene rings is 1. The molecule has 2 unspecified atom stereocenters. The lowest BCUT2D eigenvalue weighted by Crippen LogP contribution is -2.25. The second-order valence-corrected chi connectivity index (χ2v) is 4.88. The third-order valence-electron chi connectivity index (χ3n) is 2.86. The summed E-state index contributed by atoms with van der Waals surface area (Å²) in [5.74, 6) is 1.63. The van der Waals surface area contributed by atoms with Gasteiger partial charge in [-0.15, -0.1) is 0 Å². The Labute approximate surface area is 127 Å². The summed E-state index contributed by atoms with van der Waals surface area (Å²) in [4.78, 5) is 5.34. The van der Waals surface area contributed by atoms with Crippen molar-refractivity contribution in [2.24, 2.45) is 0 Å².